The Balaban J connectivity index is 1.51. The van der Waals surface area contributed by atoms with Crippen LogP contribution in [-0.2, 0) is 38.9 Å². The summed E-state index contributed by atoms with van der Waals surface area (Å²) in [6, 6.07) is 5.59. The molecule has 32 heavy (non-hydrogen) atoms. The Kier molecular flexibility index (Phi) is 10.4. The number of pyridine rings is 1. The molecule has 1 unspecified atom stereocenters. The lowest BCUT2D eigenvalue weighted by Gasteiger charge is -2.13. The van der Waals surface area contributed by atoms with Gasteiger partial charge in [0.05, 0.1) is 19.4 Å². The first-order chi connectivity index (χ1) is 15.2. The Morgan fingerprint density at radius 3 is 2.59 bits per heavy atom. The van der Waals surface area contributed by atoms with Crippen LogP contribution in [0.2, 0.25) is 0 Å². The van der Waals surface area contributed by atoms with Crippen molar-refractivity contribution in [2.24, 2.45) is 0 Å². The van der Waals surface area contributed by atoms with Gasteiger partial charge < -0.3 is 9.57 Å². The Hall–Kier alpha value is -2.16. The average molecular weight is 507 g/mol. The van der Waals surface area contributed by atoms with E-state index in [-0.39, 0.29) is 30.5 Å². The molecule has 1 aromatic rings. The number of aromatic nitrogens is 1. The molecule has 2 rings (SSSR count). The van der Waals surface area contributed by atoms with Gasteiger partial charge in [-0.15, -0.1) is 5.06 Å². The summed E-state index contributed by atoms with van der Waals surface area (Å²) < 4.78 is 36.1. The third-order valence-electron chi connectivity index (χ3n) is 4.07. The second-order valence-electron chi connectivity index (χ2n) is 6.55. The molecule has 2 amide bonds. The minimum Gasteiger partial charge on any atom is -0.466 e. The number of carbonyl (C=O) groups excluding carboxylic acids is 4. The number of amides is 2. The average Bonchev–Trinajstić information content (AvgIpc) is 3.03. The predicted octanol–water partition coefficient (Wildman–Crippen LogP) is 1.79. The number of hydroxylamine groups is 2. The molecule has 176 valence electrons. The molecule has 1 saturated heterocycles. The number of hydrogen-bond donors (Lipinski definition) is 1. The van der Waals surface area contributed by atoms with E-state index in [0.29, 0.717) is 25.0 Å². The lowest BCUT2D eigenvalue weighted by Crippen LogP contribution is -2.36. The molecule has 2 heterocycles. The maximum atomic E-state index is 11.8. The van der Waals surface area contributed by atoms with Crippen LogP contribution < -0.4 is 0 Å². The smallest absolute Gasteiger partial charge is 0.333 e. The Labute approximate surface area is 192 Å². The van der Waals surface area contributed by atoms with Crippen molar-refractivity contribution in [3.63, 3.8) is 0 Å². The maximum Gasteiger partial charge on any atom is 0.333 e. The molecule has 1 aromatic heterocycles. The Morgan fingerprint density at radius 2 is 1.94 bits per heavy atom. The van der Waals surface area contributed by atoms with E-state index in [2.05, 4.69) is 9.82 Å². The van der Waals surface area contributed by atoms with Crippen LogP contribution in [0, 0.1) is 0 Å². The maximum absolute atomic E-state index is 11.8. The van der Waals surface area contributed by atoms with Gasteiger partial charge in [0.1, 0.15) is 5.03 Å². The van der Waals surface area contributed by atoms with Gasteiger partial charge in [0.25, 0.3) is 21.9 Å². The van der Waals surface area contributed by atoms with E-state index in [4.69, 9.17) is 9.29 Å². The van der Waals surface area contributed by atoms with Crippen molar-refractivity contribution >= 4 is 55.5 Å². The molecule has 14 heteroatoms. The predicted molar refractivity (Wildman–Crippen MR) is 114 cm³/mol. The molecule has 0 spiro atoms. The van der Waals surface area contributed by atoms with Gasteiger partial charge in [0, 0.05) is 18.4 Å². The zero-order chi connectivity index (χ0) is 23.6. The van der Waals surface area contributed by atoms with Crippen molar-refractivity contribution in [3.8, 4) is 0 Å². The number of carbonyl (C=O) groups is 4. The summed E-state index contributed by atoms with van der Waals surface area (Å²) in [5.41, 5.74) is 0. The van der Waals surface area contributed by atoms with E-state index in [1.54, 1.807) is 6.20 Å². The number of esters is 1. The van der Waals surface area contributed by atoms with Gasteiger partial charge >= 0.3 is 11.9 Å². The molecule has 11 nitrogen and oxygen atoms in total. The summed E-state index contributed by atoms with van der Waals surface area (Å²) in [7, 11) is -1.78. The van der Waals surface area contributed by atoms with E-state index in [1.807, 2.05) is 18.2 Å². The summed E-state index contributed by atoms with van der Waals surface area (Å²) in [4.78, 5) is 55.6. The van der Waals surface area contributed by atoms with Crippen molar-refractivity contribution in [2.75, 3.05) is 12.4 Å². The summed E-state index contributed by atoms with van der Waals surface area (Å²) in [6.07, 6.45) is 2.45. The van der Waals surface area contributed by atoms with Crippen molar-refractivity contribution in [2.45, 2.75) is 48.8 Å². The van der Waals surface area contributed by atoms with Crippen molar-refractivity contribution in [3.05, 3.63) is 24.4 Å². The quantitative estimate of drug-likeness (QED) is 0.136. The normalized spacial score (nSPS) is 16.3. The summed E-state index contributed by atoms with van der Waals surface area (Å²) in [5, 5.41) is -1.02. The van der Waals surface area contributed by atoms with Gasteiger partial charge in [0.15, 0.2) is 5.25 Å². The molecular weight excluding hydrogens is 484 g/mol. The van der Waals surface area contributed by atoms with Crippen molar-refractivity contribution in [1.29, 1.82) is 0 Å². The summed E-state index contributed by atoms with van der Waals surface area (Å²) >= 11 is 0. The Morgan fingerprint density at radius 1 is 1.16 bits per heavy atom. The molecule has 0 bridgehead atoms. The summed E-state index contributed by atoms with van der Waals surface area (Å²) in [6.45, 7) is 0.199. The molecule has 0 radical (unpaired) electrons. The first-order valence-corrected chi connectivity index (χ1v) is 13.4. The topological polar surface area (TPSA) is 157 Å². The highest BCUT2D eigenvalue weighted by atomic mass is 33.1. The van der Waals surface area contributed by atoms with Crippen LogP contribution in [0.3, 0.4) is 0 Å². The fourth-order valence-corrected chi connectivity index (χ4v) is 5.04. The van der Waals surface area contributed by atoms with Crippen LogP contribution in [0.15, 0.2) is 29.4 Å². The molecule has 0 aromatic carbocycles. The van der Waals surface area contributed by atoms with E-state index in [9.17, 15) is 27.6 Å². The van der Waals surface area contributed by atoms with Crippen LogP contribution in [0.25, 0.3) is 0 Å². The highest BCUT2D eigenvalue weighted by Crippen LogP contribution is 2.29. The molecule has 0 saturated carbocycles. The Bertz CT molecular complexity index is 925. The highest BCUT2D eigenvalue weighted by Gasteiger charge is 2.48. The van der Waals surface area contributed by atoms with Crippen molar-refractivity contribution < 1.29 is 41.7 Å². The van der Waals surface area contributed by atoms with Gasteiger partial charge in [-0.1, -0.05) is 16.9 Å². The van der Waals surface area contributed by atoms with E-state index in [1.165, 1.54) is 21.6 Å². The second-order valence-corrected chi connectivity index (χ2v) is 10.6. The fraction of sp³-hybridized carbons (Fsp3) is 0.500. The van der Waals surface area contributed by atoms with Crippen LogP contribution in [0.4, 0.5) is 0 Å². The number of nitrogens with zero attached hydrogens (tertiary/aromatic N) is 2. The third kappa shape index (κ3) is 8.76. The molecule has 1 atom stereocenters. The minimum absolute atomic E-state index is 0.0761. The lowest BCUT2D eigenvalue weighted by molar-refractivity contribution is -0.197. The van der Waals surface area contributed by atoms with Crippen LogP contribution in [0.1, 0.15) is 38.5 Å². The highest BCUT2D eigenvalue weighted by molar-refractivity contribution is 8.76. The molecule has 0 aliphatic carbocycles. The number of unbranched alkanes of at least 4 members (excludes halogenated alkanes) is 2. The molecule has 1 aliphatic rings. The van der Waals surface area contributed by atoms with Crippen LogP contribution in [-0.4, -0.2) is 64.4 Å². The zero-order valence-electron chi connectivity index (χ0n) is 16.9. The SMILES string of the molecule is O=C(CCSSc1ccccn1)OCCCCCC(=O)ON1C(=O)CC(S(=O)(=O)O)C1=O. The zero-order valence-corrected chi connectivity index (χ0v) is 19.3. The van der Waals surface area contributed by atoms with Crippen molar-refractivity contribution in [1.82, 2.24) is 10.0 Å². The third-order valence-corrected chi connectivity index (χ3v) is 7.43. The number of hydrogen-bond acceptors (Lipinski definition) is 11. The molecular formula is C18H22N2O9S3. The number of imide groups is 1. The van der Waals surface area contributed by atoms with E-state index >= 15 is 0 Å². The first kappa shape index (κ1) is 26.1. The largest absolute Gasteiger partial charge is 0.466 e. The van der Waals surface area contributed by atoms with Crippen LogP contribution in [0.5, 0.6) is 0 Å². The van der Waals surface area contributed by atoms with Crippen LogP contribution >= 0.6 is 21.6 Å². The van der Waals surface area contributed by atoms with Gasteiger partial charge in [-0.05, 0) is 42.2 Å². The molecule has 1 aliphatic heterocycles. The minimum atomic E-state index is -4.76. The monoisotopic (exact) mass is 506 g/mol. The lowest BCUT2D eigenvalue weighted by atomic mass is 10.2. The number of rotatable bonds is 13. The van der Waals surface area contributed by atoms with Gasteiger partial charge in [-0.25, -0.2) is 9.78 Å². The standard InChI is InChI=1S/C18H22N2O9S3/c21-15-12-13(32(25,26)27)18(24)20(15)29-17(23)7-2-1-5-10-28-16(22)8-11-30-31-14-6-3-4-9-19-14/h3-4,6,9,13H,1-2,5,7-8,10-12H2,(H,25,26,27). The number of ether oxygens (including phenoxy) is 1. The summed E-state index contributed by atoms with van der Waals surface area (Å²) in [5.74, 6) is -2.94. The van der Waals surface area contributed by atoms with E-state index < -0.39 is 39.6 Å². The fourth-order valence-electron chi connectivity index (χ4n) is 2.49. The van der Waals surface area contributed by atoms with Gasteiger partial charge in [0.2, 0.25) is 0 Å². The van der Waals surface area contributed by atoms with Gasteiger partial charge in [-0.2, -0.15) is 8.42 Å². The second kappa shape index (κ2) is 12.8. The van der Waals surface area contributed by atoms with E-state index in [0.717, 1.165) is 5.03 Å². The first-order valence-electron chi connectivity index (χ1n) is 9.58. The molecule has 1 N–H and O–H groups in total. The van der Waals surface area contributed by atoms with Gasteiger partial charge in [-0.3, -0.25) is 18.9 Å². The molecule has 1 fully saturated rings.